The quantitative estimate of drug-likeness (QED) is 0.461. The zero-order valence-corrected chi connectivity index (χ0v) is 4.31. The van der Waals surface area contributed by atoms with E-state index in [4.69, 9.17) is 11.5 Å². The molecular weight excluding hydrogens is 76.1 g/mol. The molecule has 0 spiro atoms. The first kappa shape index (κ1) is 5.92. The normalized spacial score (nSPS) is 20.0. The molecule has 1 unspecified atom stereocenters. The molecule has 0 aliphatic carbocycles. The summed E-state index contributed by atoms with van der Waals surface area (Å²) in [5.41, 5.74) is 10.6. The molecule has 0 fully saturated rings. The summed E-state index contributed by atoms with van der Waals surface area (Å²) < 4.78 is 0. The topological polar surface area (TPSA) is 52.0 Å². The van der Waals surface area contributed by atoms with E-state index in [-0.39, 0.29) is 12.1 Å². The summed E-state index contributed by atoms with van der Waals surface area (Å²) in [6, 6.07) is 0.259. The summed E-state index contributed by atoms with van der Waals surface area (Å²) in [5.74, 6) is 0. The van der Waals surface area contributed by atoms with Crippen LogP contribution in [-0.4, -0.2) is 12.1 Å². The minimum Gasteiger partial charge on any atom is -0.327 e. The van der Waals surface area contributed by atoms with Gasteiger partial charge in [-0.1, -0.05) is 0 Å². The van der Waals surface area contributed by atoms with Gasteiger partial charge in [0.2, 0.25) is 0 Å². The molecule has 0 heterocycles. The predicted octanol–water partition coefficient (Wildman–Crippen LogP) is -0.319. The molecule has 0 aliphatic rings. The first-order chi connectivity index (χ1) is 2.64. The smallest absolute Gasteiger partial charge is 0.0160 e. The fourth-order valence-corrected chi connectivity index (χ4v) is 0. The second-order valence-electron chi connectivity index (χ2n) is 1.72. The van der Waals surface area contributed by atoms with Gasteiger partial charge in [-0.25, -0.2) is 0 Å². The lowest BCUT2D eigenvalue weighted by molar-refractivity contribution is 0.603. The highest BCUT2D eigenvalue weighted by molar-refractivity contribution is 4.63. The Hall–Kier alpha value is -0.0800. The van der Waals surface area contributed by atoms with E-state index in [1.807, 2.05) is 13.8 Å². The number of hydrogen-bond donors (Lipinski definition) is 2. The molecule has 0 amide bonds. The summed E-state index contributed by atoms with van der Waals surface area (Å²) in [7, 11) is 0. The summed E-state index contributed by atoms with van der Waals surface area (Å²) in [5, 5.41) is 0. The Balaban J connectivity index is 2.99. The molecule has 38 valence electrons. The van der Waals surface area contributed by atoms with Crippen molar-refractivity contribution in [1.29, 1.82) is 0 Å². The van der Waals surface area contributed by atoms with Crippen LogP contribution in [0.25, 0.3) is 0 Å². The monoisotopic (exact) mass is 88.1 g/mol. The largest absolute Gasteiger partial charge is 0.327 e. The summed E-state index contributed by atoms with van der Waals surface area (Å²) in [4.78, 5) is 0. The van der Waals surface area contributed by atoms with Gasteiger partial charge in [0.05, 0.1) is 0 Å². The summed E-state index contributed by atoms with van der Waals surface area (Å²) in [6.07, 6.45) is 0. The maximum atomic E-state index is 5.31. The molecule has 0 aromatic heterocycles. The van der Waals surface area contributed by atoms with E-state index in [1.165, 1.54) is 0 Å². The highest BCUT2D eigenvalue weighted by Crippen LogP contribution is 1.77. The minimum absolute atomic E-state index is 0.130. The SMILES string of the molecule is CC(N)[C@H](C)N. The van der Waals surface area contributed by atoms with Crippen LogP contribution in [0, 0.1) is 0 Å². The summed E-state index contributed by atoms with van der Waals surface area (Å²) >= 11 is 0. The van der Waals surface area contributed by atoms with Gasteiger partial charge in [0.1, 0.15) is 0 Å². The van der Waals surface area contributed by atoms with Crippen LogP contribution in [0.4, 0.5) is 0 Å². The van der Waals surface area contributed by atoms with Gasteiger partial charge in [-0.05, 0) is 13.8 Å². The van der Waals surface area contributed by atoms with Crippen LogP contribution in [0.1, 0.15) is 13.8 Å². The number of nitrogens with two attached hydrogens (primary N) is 2. The van der Waals surface area contributed by atoms with E-state index in [0.717, 1.165) is 0 Å². The van der Waals surface area contributed by atoms with Gasteiger partial charge >= 0.3 is 0 Å². The van der Waals surface area contributed by atoms with Crippen molar-refractivity contribution < 1.29 is 0 Å². The van der Waals surface area contributed by atoms with Gasteiger partial charge in [0.15, 0.2) is 0 Å². The van der Waals surface area contributed by atoms with Gasteiger partial charge < -0.3 is 11.5 Å². The third kappa shape index (κ3) is 2.18. The van der Waals surface area contributed by atoms with E-state index < -0.39 is 0 Å². The van der Waals surface area contributed by atoms with Gasteiger partial charge in [-0.2, -0.15) is 0 Å². The van der Waals surface area contributed by atoms with Gasteiger partial charge in [0, 0.05) is 12.1 Å². The van der Waals surface area contributed by atoms with E-state index in [9.17, 15) is 0 Å². The predicted molar refractivity (Wildman–Crippen MR) is 27.3 cm³/mol. The zero-order chi connectivity index (χ0) is 5.15. The van der Waals surface area contributed by atoms with Crippen LogP contribution >= 0.6 is 0 Å². The molecule has 0 bridgehead atoms. The molecule has 0 saturated heterocycles. The fourth-order valence-electron chi connectivity index (χ4n) is 0. The molecule has 2 atom stereocenters. The Labute approximate surface area is 38.5 Å². The maximum Gasteiger partial charge on any atom is 0.0160 e. The van der Waals surface area contributed by atoms with Crippen molar-refractivity contribution in [2.75, 3.05) is 0 Å². The van der Waals surface area contributed by atoms with Crippen molar-refractivity contribution in [3.05, 3.63) is 0 Å². The van der Waals surface area contributed by atoms with Crippen LogP contribution in [0.2, 0.25) is 0 Å². The van der Waals surface area contributed by atoms with Crippen molar-refractivity contribution in [3.63, 3.8) is 0 Å². The average Bonchev–Trinajstić information content (AvgIpc) is 1.36. The molecule has 2 nitrogen and oxygen atoms in total. The second kappa shape index (κ2) is 2.16. The first-order valence-electron chi connectivity index (χ1n) is 2.15. The van der Waals surface area contributed by atoms with Crippen molar-refractivity contribution in [2.24, 2.45) is 11.5 Å². The van der Waals surface area contributed by atoms with Crippen molar-refractivity contribution >= 4 is 0 Å². The van der Waals surface area contributed by atoms with Crippen molar-refractivity contribution in [2.45, 2.75) is 25.9 Å². The molecule has 0 rings (SSSR count). The van der Waals surface area contributed by atoms with Crippen LogP contribution in [0.15, 0.2) is 0 Å². The molecule has 0 aromatic rings. The molecule has 2 heteroatoms. The maximum absolute atomic E-state index is 5.31. The van der Waals surface area contributed by atoms with Gasteiger partial charge in [-0.3, -0.25) is 0 Å². The van der Waals surface area contributed by atoms with Crippen LogP contribution < -0.4 is 11.5 Å². The third-order valence-corrected chi connectivity index (χ3v) is 0.829. The van der Waals surface area contributed by atoms with Crippen molar-refractivity contribution in [1.82, 2.24) is 0 Å². The fraction of sp³-hybridized carbons (Fsp3) is 1.00. The Morgan fingerprint density at radius 1 is 1.00 bits per heavy atom. The molecular formula is C4H12N2. The van der Waals surface area contributed by atoms with Crippen LogP contribution in [-0.2, 0) is 0 Å². The zero-order valence-electron chi connectivity index (χ0n) is 4.31. The molecule has 0 saturated carbocycles. The first-order valence-corrected chi connectivity index (χ1v) is 2.15. The average molecular weight is 88.2 g/mol. The van der Waals surface area contributed by atoms with E-state index in [2.05, 4.69) is 0 Å². The molecule has 6 heavy (non-hydrogen) atoms. The van der Waals surface area contributed by atoms with Crippen molar-refractivity contribution in [3.8, 4) is 0 Å². The van der Waals surface area contributed by atoms with Crippen LogP contribution in [0.5, 0.6) is 0 Å². The highest BCUT2D eigenvalue weighted by atomic mass is 14.7. The Kier molecular flexibility index (Phi) is 2.13. The number of rotatable bonds is 1. The second-order valence-corrected chi connectivity index (χ2v) is 1.72. The molecule has 0 aliphatic heterocycles. The van der Waals surface area contributed by atoms with E-state index >= 15 is 0 Å². The Bertz CT molecular complexity index is 26.5. The van der Waals surface area contributed by atoms with Gasteiger partial charge in [0.25, 0.3) is 0 Å². The molecule has 0 aromatic carbocycles. The third-order valence-electron chi connectivity index (χ3n) is 0.829. The molecule has 4 N–H and O–H groups in total. The van der Waals surface area contributed by atoms with E-state index in [0.29, 0.717) is 0 Å². The lowest BCUT2D eigenvalue weighted by atomic mass is 10.2. The Morgan fingerprint density at radius 3 is 1.17 bits per heavy atom. The van der Waals surface area contributed by atoms with Crippen LogP contribution in [0.3, 0.4) is 0 Å². The molecule has 0 radical (unpaired) electrons. The lowest BCUT2D eigenvalue weighted by Crippen LogP contribution is -2.35. The standard InChI is InChI=1S/C4H12N2/c1-3(5)4(2)6/h3-4H,5-6H2,1-2H3/t3-,4?/m0/s1. The minimum atomic E-state index is 0.130. The van der Waals surface area contributed by atoms with Gasteiger partial charge in [-0.15, -0.1) is 0 Å². The highest BCUT2D eigenvalue weighted by Gasteiger charge is 1.96. The van der Waals surface area contributed by atoms with E-state index in [1.54, 1.807) is 0 Å². The lowest BCUT2D eigenvalue weighted by Gasteiger charge is -2.06. The summed E-state index contributed by atoms with van der Waals surface area (Å²) in [6.45, 7) is 3.79. The Morgan fingerprint density at radius 2 is 1.17 bits per heavy atom. The number of hydrogen-bond acceptors (Lipinski definition) is 2.